The monoisotopic (exact) mass is 195 g/mol. The second kappa shape index (κ2) is 3.79. The van der Waals surface area contributed by atoms with E-state index < -0.39 is 0 Å². The van der Waals surface area contributed by atoms with E-state index in [1.807, 2.05) is 4.90 Å². The molecule has 2 rings (SSSR count). The van der Waals surface area contributed by atoms with Crippen molar-refractivity contribution in [2.45, 2.75) is 12.5 Å². The molecule has 1 fully saturated rings. The lowest BCUT2D eigenvalue weighted by molar-refractivity contribution is 0.198. The van der Waals surface area contributed by atoms with Gasteiger partial charge in [0.15, 0.2) is 0 Å². The number of aliphatic hydroxyl groups excluding tert-OH is 1. The van der Waals surface area contributed by atoms with E-state index in [9.17, 15) is 5.11 Å². The lowest BCUT2D eigenvalue weighted by Gasteiger charge is -2.16. The van der Waals surface area contributed by atoms with E-state index in [4.69, 9.17) is 4.74 Å². The molecular weight excluding hydrogens is 182 g/mol. The lowest BCUT2D eigenvalue weighted by atomic mass is 10.3. The first kappa shape index (κ1) is 9.21. The zero-order valence-corrected chi connectivity index (χ0v) is 8.05. The smallest absolute Gasteiger partial charge is 0.218 e. The van der Waals surface area contributed by atoms with Gasteiger partial charge in [-0.1, -0.05) is 0 Å². The van der Waals surface area contributed by atoms with Crippen molar-refractivity contribution in [1.82, 2.24) is 9.97 Å². The van der Waals surface area contributed by atoms with Crippen LogP contribution in [0.5, 0.6) is 5.88 Å². The van der Waals surface area contributed by atoms with E-state index in [0.717, 1.165) is 18.8 Å². The Hall–Kier alpha value is -1.36. The SMILES string of the molecule is COc1cc(N2CCC(O)C2)ncn1. The van der Waals surface area contributed by atoms with Gasteiger partial charge in [0.2, 0.25) is 5.88 Å². The number of anilines is 1. The Morgan fingerprint density at radius 3 is 3.07 bits per heavy atom. The molecule has 1 aliphatic rings. The second-order valence-electron chi connectivity index (χ2n) is 3.31. The Bertz CT molecular complexity index is 319. The van der Waals surface area contributed by atoms with Gasteiger partial charge in [0.25, 0.3) is 0 Å². The standard InChI is InChI=1S/C9H13N3O2/c1-14-9-4-8(10-6-11-9)12-3-2-7(13)5-12/h4,6-7,13H,2-3,5H2,1H3. The topological polar surface area (TPSA) is 58.5 Å². The normalized spacial score (nSPS) is 21.3. The molecule has 0 amide bonds. The Morgan fingerprint density at radius 2 is 2.43 bits per heavy atom. The third kappa shape index (κ3) is 1.77. The summed E-state index contributed by atoms with van der Waals surface area (Å²) in [7, 11) is 1.57. The van der Waals surface area contributed by atoms with Crippen molar-refractivity contribution in [2.24, 2.45) is 0 Å². The summed E-state index contributed by atoms with van der Waals surface area (Å²) in [6.45, 7) is 1.47. The molecule has 2 heterocycles. The fourth-order valence-corrected chi connectivity index (χ4v) is 1.56. The highest BCUT2D eigenvalue weighted by atomic mass is 16.5. The third-order valence-corrected chi connectivity index (χ3v) is 2.32. The van der Waals surface area contributed by atoms with Gasteiger partial charge < -0.3 is 14.7 Å². The average molecular weight is 195 g/mol. The van der Waals surface area contributed by atoms with E-state index in [-0.39, 0.29) is 6.10 Å². The van der Waals surface area contributed by atoms with E-state index in [2.05, 4.69) is 9.97 Å². The second-order valence-corrected chi connectivity index (χ2v) is 3.31. The van der Waals surface area contributed by atoms with Crippen LogP contribution in [-0.4, -0.2) is 41.4 Å². The minimum atomic E-state index is -0.240. The molecule has 0 spiro atoms. The van der Waals surface area contributed by atoms with Crippen LogP contribution >= 0.6 is 0 Å². The molecular formula is C9H13N3O2. The molecule has 1 aliphatic heterocycles. The number of methoxy groups -OCH3 is 1. The molecule has 0 saturated carbocycles. The number of ether oxygens (including phenoxy) is 1. The van der Waals surface area contributed by atoms with Crippen LogP contribution in [0.25, 0.3) is 0 Å². The van der Waals surface area contributed by atoms with Crippen molar-refractivity contribution in [3.05, 3.63) is 12.4 Å². The number of aromatic nitrogens is 2. The minimum Gasteiger partial charge on any atom is -0.481 e. The summed E-state index contributed by atoms with van der Waals surface area (Å²) in [5.41, 5.74) is 0. The summed E-state index contributed by atoms with van der Waals surface area (Å²) in [6, 6.07) is 1.78. The van der Waals surface area contributed by atoms with Crippen molar-refractivity contribution >= 4 is 5.82 Å². The van der Waals surface area contributed by atoms with E-state index in [1.54, 1.807) is 13.2 Å². The molecule has 76 valence electrons. The summed E-state index contributed by atoms with van der Waals surface area (Å²) in [4.78, 5) is 10.1. The van der Waals surface area contributed by atoms with Gasteiger partial charge >= 0.3 is 0 Å². The van der Waals surface area contributed by atoms with E-state index in [0.29, 0.717) is 12.4 Å². The molecule has 1 atom stereocenters. The van der Waals surface area contributed by atoms with E-state index in [1.165, 1.54) is 6.33 Å². The van der Waals surface area contributed by atoms with Gasteiger partial charge in [-0.3, -0.25) is 0 Å². The molecule has 1 saturated heterocycles. The molecule has 1 aromatic rings. The van der Waals surface area contributed by atoms with Gasteiger partial charge in [0, 0.05) is 19.2 Å². The van der Waals surface area contributed by atoms with Gasteiger partial charge in [-0.15, -0.1) is 0 Å². The lowest BCUT2D eigenvalue weighted by Crippen LogP contribution is -2.22. The number of β-amino-alcohol motifs (C(OH)–C–C–N with tert-alkyl or cyclic N) is 1. The Labute approximate surface area is 82.4 Å². The van der Waals surface area contributed by atoms with Crippen LogP contribution in [0.1, 0.15) is 6.42 Å². The highest BCUT2D eigenvalue weighted by molar-refractivity contribution is 5.41. The maximum absolute atomic E-state index is 9.37. The molecule has 5 heteroatoms. The summed E-state index contributed by atoms with van der Waals surface area (Å²) in [5, 5.41) is 9.37. The third-order valence-electron chi connectivity index (χ3n) is 2.32. The van der Waals surface area contributed by atoms with Crippen molar-refractivity contribution in [3.63, 3.8) is 0 Å². The summed E-state index contributed by atoms with van der Waals surface area (Å²) in [6.07, 6.45) is 2.03. The van der Waals surface area contributed by atoms with Crippen molar-refractivity contribution in [3.8, 4) is 5.88 Å². The van der Waals surface area contributed by atoms with Gasteiger partial charge in [-0.05, 0) is 6.42 Å². The molecule has 1 unspecified atom stereocenters. The van der Waals surface area contributed by atoms with Crippen molar-refractivity contribution < 1.29 is 9.84 Å². The first-order valence-corrected chi connectivity index (χ1v) is 4.58. The van der Waals surface area contributed by atoms with Crippen LogP contribution in [0.15, 0.2) is 12.4 Å². The van der Waals surface area contributed by atoms with Crippen LogP contribution in [0.4, 0.5) is 5.82 Å². The molecule has 14 heavy (non-hydrogen) atoms. The number of hydrogen-bond acceptors (Lipinski definition) is 5. The van der Waals surface area contributed by atoms with Gasteiger partial charge in [0.1, 0.15) is 12.1 Å². The van der Waals surface area contributed by atoms with Crippen LogP contribution in [0.2, 0.25) is 0 Å². The molecule has 0 aliphatic carbocycles. The molecule has 1 N–H and O–H groups in total. The Balaban J connectivity index is 2.15. The fraction of sp³-hybridized carbons (Fsp3) is 0.556. The predicted octanol–water partition coefficient (Wildman–Crippen LogP) is 0.0562. The molecule has 5 nitrogen and oxygen atoms in total. The molecule has 0 radical (unpaired) electrons. The minimum absolute atomic E-state index is 0.240. The van der Waals surface area contributed by atoms with Crippen LogP contribution in [0.3, 0.4) is 0 Å². The van der Waals surface area contributed by atoms with Crippen LogP contribution in [-0.2, 0) is 0 Å². The molecule has 0 bridgehead atoms. The number of rotatable bonds is 2. The molecule has 1 aromatic heterocycles. The first-order valence-electron chi connectivity index (χ1n) is 4.58. The molecule has 0 aromatic carbocycles. The maximum atomic E-state index is 9.37. The highest BCUT2D eigenvalue weighted by Crippen LogP contribution is 2.20. The van der Waals surface area contributed by atoms with Gasteiger partial charge in [0.05, 0.1) is 13.2 Å². The fourth-order valence-electron chi connectivity index (χ4n) is 1.56. The first-order chi connectivity index (χ1) is 6.79. The van der Waals surface area contributed by atoms with Crippen molar-refractivity contribution in [2.75, 3.05) is 25.1 Å². The highest BCUT2D eigenvalue weighted by Gasteiger charge is 2.21. The van der Waals surface area contributed by atoms with E-state index >= 15 is 0 Å². The predicted molar refractivity (Wildman–Crippen MR) is 51.4 cm³/mol. The summed E-state index contributed by atoms with van der Waals surface area (Å²) >= 11 is 0. The average Bonchev–Trinajstić information content (AvgIpc) is 2.65. The summed E-state index contributed by atoms with van der Waals surface area (Å²) < 4.78 is 5.00. The van der Waals surface area contributed by atoms with Crippen molar-refractivity contribution in [1.29, 1.82) is 0 Å². The van der Waals surface area contributed by atoms with Crippen LogP contribution < -0.4 is 9.64 Å². The Kier molecular flexibility index (Phi) is 2.49. The number of hydrogen-bond donors (Lipinski definition) is 1. The van der Waals surface area contributed by atoms with Gasteiger partial charge in [-0.2, -0.15) is 0 Å². The quantitative estimate of drug-likeness (QED) is 0.723. The zero-order chi connectivity index (χ0) is 9.97. The maximum Gasteiger partial charge on any atom is 0.218 e. The number of aliphatic hydroxyl groups is 1. The van der Waals surface area contributed by atoms with Gasteiger partial charge in [-0.25, -0.2) is 9.97 Å². The van der Waals surface area contributed by atoms with Crippen LogP contribution in [0, 0.1) is 0 Å². The zero-order valence-electron chi connectivity index (χ0n) is 8.05. The largest absolute Gasteiger partial charge is 0.481 e. The number of nitrogens with zero attached hydrogens (tertiary/aromatic N) is 3. The Morgan fingerprint density at radius 1 is 1.57 bits per heavy atom. The summed E-state index contributed by atoms with van der Waals surface area (Å²) in [5.74, 6) is 1.37.